The number of halogens is 1. The van der Waals surface area contributed by atoms with Crippen LogP contribution in [0.25, 0.3) is 0 Å². The largest absolute Gasteiger partial charge is 0.392 e. The van der Waals surface area contributed by atoms with Gasteiger partial charge in [0.1, 0.15) is 11.1 Å². The van der Waals surface area contributed by atoms with Crippen molar-refractivity contribution in [2.45, 2.75) is 25.0 Å². The molecule has 0 bridgehead atoms. The number of fused-ring (bicyclic) bond motifs is 1. The second-order valence-electron chi connectivity index (χ2n) is 4.44. The first-order chi connectivity index (χ1) is 8.87. The SMILES string of the molecule is CCC(C(N)=S)S(=O)(=O)N1CCc2ccc(F)cc21. The number of nitrogens with zero attached hydrogens (tertiary/aromatic N) is 1. The topological polar surface area (TPSA) is 63.4 Å². The number of hydrogen-bond donors (Lipinski definition) is 1. The van der Waals surface area contributed by atoms with Gasteiger partial charge in [-0.15, -0.1) is 0 Å². The Hall–Kier alpha value is -1.21. The number of anilines is 1. The van der Waals surface area contributed by atoms with E-state index in [1.54, 1.807) is 13.0 Å². The molecule has 0 amide bonds. The molecule has 1 aliphatic heterocycles. The van der Waals surface area contributed by atoms with Crippen molar-refractivity contribution in [1.29, 1.82) is 0 Å². The lowest BCUT2D eigenvalue weighted by atomic mass is 10.2. The average molecular weight is 302 g/mol. The van der Waals surface area contributed by atoms with Gasteiger partial charge in [0.05, 0.1) is 10.7 Å². The summed E-state index contributed by atoms with van der Waals surface area (Å²) in [5.74, 6) is -0.454. The summed E-state index contributed by atoms with van der Waals surface area (Å²) in [6, 6.07) is 4.19. The van der Waals surface area contributed by atoms with Crippen molar-refractivity contribution in [3.8, 4) is 0 Å². The van der Waals surface area contributed by atoms with E-state index in [0.29, 0.717) is 25.1 Å². The van der Waals surface area contributed by atoms with Crippen LogP contribution in [0, 0.1) is 5.82 Å². The summed E-state index contributed by atoms with van der Waals surface area (Å²) in [6.45, 7) is 2.02. The summed E-state index contributed by atoms with van der Waals surface area (Å²) >= 11 is 4.82. The molecule has 1 unspecified atom stereocenters. The standard InChI is InChI=1S/C12H15FN2O2S2/c1-2-11(12(14)18)19(16,17)15-6-5-8-3-4-9(13)7-10(8)15/h3-4,7,11H,2,5-6H2,1H3,(H2,14,18). The lowest BCUT2D eigenvalue weighted by Crippen LogP contribution is -2.43. The summed E-state index contributed by atoms with van der Waals surface area (Å²) in [5.41, 5.74) is 6.72. The normalized spacial score (nSPS) is 16.2. The van der Waals surface area contributed by atoms with Crippen LogP contribution >= 0.6 is 12.2 Å². The summed E-state index contributed by atoms with van der Waals surface area (Å²) in [6.07, 6.45) is 0.876. The Morgan fingerprint density at radius 1 is 1.58 bits per heavy atom. The fraction of sp³-hybridized carbons (Fsp3) is 0.417. The molecule has 2 rings (SSSR count). The molecule has 1 heterocycles. The molecule has 2 N–H and O–H groups in total. The molecule has 1 aliphatic rings. The molecule has 1 aromatic rings. The molecular formula is C12H15FN2O2S2. The zero-order chi connectivity index (χ0) is 14.2. The van der Waals surface area contributed by atoms with Crippen molar-refractivity contribution in [3.05, 3.63) is 29.6 Å². The highest BCUT2D eigenvalue weighted by molar-refractivity contribution is 7.95. The van der Waals surface area contributed by atoms with E-state index in [4.69, 9.17) is 18.0 Å². The van der Waals surface area contributed by atoms with E-state index >= 15 is 0 Å². The predicted octanol–water partition coefficient (Wildman–Crippen LogP) is 1.58. The van der Waals surface area contributed by atoms with Crippen molar-refractivity contribution in [2.24, 2.45) is 5.73 Å². The van der Waals surface area contributed by atoms with E-state index in [-0.39, 0.29) is 4.99 Å². The zero-order valence-electron chi connectivity index (χ0n) is 10.5. The maximum Gasteiger partial charge on any atom is 0.244 e. The number of thiocarbonyl (C=S) groups is 1. The molecule has 1 aromatic carbocycles. The lowest BCUT2D eigenvalue weighted by molar-refractivity contribution is 0.585. The monoisotopic (exact) mass is 302 g/mol. The molecule has 0 fully saturated rings. The van der Waals surface area contributed by atoms with Crippen LogP contribution in [0.5, 0.6) is 0 Å². The quantitative estimate of drug-likeness (QED) is 0.858. The highest BCUT2D eigenvalue weighted by atomic mass is 32.2. The first-order valence-electron chi connectivity index (χ1n) is 5.97. The first-order valence-corrected chi connectivity index (χ1v) is 7.88. The van der Waals surface area contributed by atoms with Crippen LogP contribution in [0.15, 0.2) is 18.2 Å². The Kier molecular flexibility index (Phi) is 3.78. The van der Waals surface area contributed by atoms with Gasteiger partial charge in [-0.25, -0.2) is 12.8 Å². The Balaban J connectivity index is 2.45. The van der Waals surface area contributed by atoms with Crippen LogP contribution in [0.2, 0.25) is 0 Å². The maximum atomic E-state index is 13.3. The van der Waals surface area contributed by atoms with Gasteiger partial charge in [0.25, 0.3) is 0 Å². The highest BCUT2D eigenvalue weighted by Gasteiger charge is 2.36. The fourth-order valence-electron chi connectivity index (χ4n) is 2.30. The third-order valence-corrected chi connectivity index (χ3v) is 5.99. The molecule has 0 radical (unpaired) electrons. The van der Waals surface area contributed by atoms with Gasteiger partial charge >= 0.3 is 0 Å². The van der Waals surface area contributed by atoms with E-state index in [0.717, 1.165) is 5.56 Å². The average Bonchev–Trinajstić information content (AvgIpc) is 2.72. The second-order valence-corrected chi connectivity index (χ2v) is 6.95. The van der Waals surface area contributed by atoms with Crippen molar-refractivity contribution >= 4 is 32.9 Å². The van der Waals surface area contributed by atoms with Crippen LogP contribution in [0.4, 0.5) is 10.1 Å². The minimum atomic E-state index is -3.68. The summed E-state index contributed by atoms with van der Waals surface area (Å²) < 4.78 is 39.5. The van der Waals surface area contributed by atoms with Crippen LogP contribution in [-0.4, -0.2) is 25.2 Å². The van der Waals surface area contributed by atoms with E-state index in [1.807, 2.05) is 0 Å². The van der Waals surface area contributed by atoms with Gasteiger partial charge in [0, 0.05) is 6.54 Å². The fourth-order valence-corrected chi connectivity index (χ4v) is 4.64. The van der Waals surface area contributed by atoms with Gasteiger partial charge in [-0.05, 0) is 30.5 Å². The van der Waals surface area contributed by atoms with Crippen LogP contribution in [0.3, 0.4) is 0 Å². The number of sulfonamides is 1. The number of hydrogen-bond acceptors (Lipinski definition) is 3. The van der Waals surface area contributed by atoms with E-state index in [9.17, 15) is 12.8 Å². The third kappa shape index (κ3) is 2.44. The molecule has 104 valence electrons. The smallest absolute Gasteiger partial charge is 0.244 e. The van der Waals surface area contributed by atoms with Gasteiger partial charge in [-0.1, -0.05) is 25.2 Å². The summed E-state index contributed by atoms with van der Waals surface area (Å²) in [4.78, 5) is -0.0487. The van der Waals surface area contributed by atoms with E-state index in [1.165, 1.54) is 16.4 Å². The summed E-state index contributed by atoms with van der Waals surface area (Å²) in [5, 5.41) is -0.906. The number of rotatable bonds is 4. The molecule has 1 atom stereocenters. The molecule has 0 saturated heterocycles. The Bertz CT molecular complexity index is 616. The second kappa shape index (κ2) is 5.05. The van der Waals surface area contributed by atoms with Gasteiger partial charge in [0.2, 0.25) is 10.0 Å². The molecule has 0 saturated carbocycles. The Labute approximate surface area is 117 Å². The highest BCUT2D eigenvalue weighted by Crippen LogP contribution is 2.32. The van der Waals surface area contributed by atoms with Crippen molar-refractivity contribution in [2.75, 3.05) is 10.8 Å². The van der Waals surface area contributed by atoms with Crippen molar-refractivity contribution in [1.82, 2.24) is 0 Å². The minimum absolute atomic E-state index is 0.0487. The zero-order valence-corrected chi connectivity index (χ0v) is 12.1. The molecule has 19 heavy (non-hydrogen) atoms. The predicted molar refractivity (Wildman–Crippen MR) is 77.2 cm³/mol. The Morgan fingerprint density at radius 2 is 2.26 bits per heavy atom. The minimum Gasteiger partial charge on any atom is -0.392 e. The van der Waals surface area contributed by atoms with Gasteiger partial charge in [-0.2, -0.15) is 0 Å². The van der Waals surface area contributed by atoms with E-state index < -0.39 is 21.1 Å². The van der Waals surface area contributed by atoms with Crippen molar-refractivity contribution in [3.63, 3.8) is 0 Å². The van der Waals surface area contributed by atoms with Crippen LogP contribution < -0.4 is 10.0 Å². The van der Waals surface area contributed by atoms with E-state index in [2.05, 4.69) is 0 Å². The maximum absolute atomic E-state index is 13.3. The third-order valence-electron chi connectivity index (χ3n) is 3.26. The number of nitrogens with two attached hydrogens (primary N) is 1. The van der Waals surface area contributed by atoms with Gasteiger partial charge in [-0.3, -0.25) is 4.31 Å². The van der Waals surface area contributed by atoms with Gasteiger partial charge < -0.3 is 5.73 Å². The molecular weight excluding hydrogens is 287 g/mol. The molecule has 7 heteroatoms. The summed E-state index contributed by atoms with van der Waals surface area (Å²) in [7, 11) is -3.68. The molecule has 0 aromatic heterocycles. The van der Waals surface area contributed by atoms with Crippen LogP contribution in [-0.2, 0) is 16.4 Å². The first kappa shape index (κ1) is 14.2. The lowest BCUT2D eigenvalue weighted by Gasteiger charge is -2.24. The Morgan fingerprint density at radius 3 is 2.84 bits per heavy atom. The van der Waals surface area contributed by atoms with Gasteiger partial charge in [0.15, 0.2) is 0 Å². The number of benzene rings is 1. The van der Waals surface area contributed by atoms with Crippen LogP contribution in [0.1, 0.15) is 18.9 Å². The molecule has 0 aliphatic carbocycles. The molecule has 4 nitrogen and oxygen atoms in total. The van der Waals surface area contributed by atoms with Crippen molar-refractivity contribution < 1.29 is 12.8 Å². The molecule has 0 spiro atoms.